The second kappa shape index (κ2) is 6.21. The van der Waals surface area contributed by atoms with Crippen molar-refractivity contribution in [1.82, 2.24) is 10.2 Å². The zero-order chi connectivity index (χ0) is 14.8. The highest BCUT2D eigenvalue weighted by Crippen LogP contribution is 2.36. The Morgan fingerprint density at radius 3 is 2.81 bits per heavy atom. The summed E-state index contributed by atoms with van der Waals surface area (Å²) >= 11 is 3.53. The fraction of sp³-hybridized carbons (Fsp3) is 0.500. The van der Waals surface area contributed by atoms with Crippen LogP contribution in [0.3, 0.4) is 0 Å². The normalized spacial score (nSPS) is 22.0. The average molecular weight is 357 g/mol. The molecule has 0 aliphatic carbocycles. The van der Waals surface area contributed by atoms with Gasteiger partial charge in [0, 0.05) is 30.7 Å². The minimum Gasteiger partial charge on any atom is -0.486 e. The van der Waals surface area contributed by atoms with E-state index in [0.717, 1.165) is 28.1 Å². The summed E-state index contributed by atoms with van der Waals surface area (Å²) in [6.07, 6.45) is 0. The number of hydrogen-bond acceptors (Lipinski definition) is 5. The number of aliphatic carboxylic acids is 1. The van der Waals surface area contributed by atoms with Crippen LogP contribution in [0.15, 0.2) is 16.6 Å². The molecule has 0 radical (unpaired) electrons. The van der Waals surface area contributed by atoms with Gasteiger partial charge in [0.2, 0.25) is 0 Å². The Morgan fingerprint density at radius 1 is 1.38 bits per heavy atom. The number of carboxylic acid groups (broad SMARTS) is 1. The van der Waals surface area contributed by atoms with Gasteiger partial charge < -0.3 is 19.9 Å². The van der Waals surface area contributed by atoms with Crippen molar-refractivity contribution in [2.75, 3.05) is 32.8 Å². The predicted octanol–water partition coefficient (Wildman–Crippen LogP) is 1.08. The molecule has 3 rings (SSSR count). The Morgan fingerprint density at radius 2 is 2.10 bits per heavy atom. The van der Waals surface area contributed by atoms with E-state index in [0.29, 0.717) is 32.8 Å². The molecule has 2 N–H and O–H groups in total. The number of rotatable bonds is 3. The topological polar surface area (TPSA) is 71.0 Å². The van der Waals surface area contributed by atoms with Crippen LogP contribution in [-0.4, -0.2) is 54.9 Å². The third-order valence-electron chi connectivity index (χ3n) is 3.72. The van der Waals surface area contributed by atoms with Gasteiger partial charge in [-0.1, -0.05) is 15.9 Å². The summed E-state index contributed by atoms with van der Waals surface area (Å²) in [6.45, 7) is 3.63. The van der Waals surface area contributed by atoms with E-state index in [9.17, 15) is 9.90 Å². The zero-order valence-electron chi connectivity index (χ0n) is 11.5. The van der Waals surface area contributed by atoms with E-state index in [1.807, 2.05) is 17.0 Å². The molecule has 1 aromatic rings. The molecule has 7 heteroatoms. The van der Waals surface area contributed by atoms with E-state index < -0.39 is 12.0 Å². The quantitative estimate of drug-likeness (QED) is 0.844. The van der Waals surface area contributed by atoms with E-state index >= 15 is 0 Å². The number of hydrogen-bond donors (Lipinski definition) is 2. The molecule has 1 fully saturated rings. The van der Waals surface area contributed by atoms with Crippen LogP contribution in [0.2, 0.25) is 0 Å². The molecule has 1 aromatic carbocycles. The molecule has 1 unspecified atom stereocenters. The van der Waals surface area contributed by atoms with Gasteiger partial charge in [0.25, 0.3) is 0 Å². The SMILES string of the molecule is O=C(O)C1CNCCN1Cc1cc2c(cc1Br)OCCO2. The summed E-state index contributed by atoms with van der Waals surface area (Å²) in [5, 5.41) is 12.4. The van der Waals surface area contributed by atoms with Crippen molar-refractivity contribution >= 4 is 21.9 Å². The Kier molecular flexibility index (Phi) is 4.32. The lowest BCUT2D eigenvalue weighted by Crippen LogP contribution is -2.54. The van der Waals surface area contributed by atoms with Gasteiger partial charge in [0.05, 0.1) is 0 Å². The zero-order valence-corrected chi connectivity index (χ0v) is 13.1. The highest BCUT2D eigenvalue weighted by atomic mass is 79.9. The third kappa shape index (κ3) is 3.14. The van der Waals surface area contributed by atoms with E-state index in [-0.39, 0.29) is 0 Å². The highest BCUT2D eigenvalue weighted by molar-refractivity contribution is 9.10. The number of piperazine rings is 1. The first-order chi connectivity index (χ1) is 10.1. The van der Waals surface area contributed by atoms with Crippen molar-refractivity contribution in [2.24, 2.45) is 0 Å². The van der Waals surface area contributed by atoms with E-state index in [2.05, 4.69) is 21.2 Å². The number of halogens is 1. The molecule has 0 aromatic heterocycles. The number of ether oxygens (including phenoxy) is 2. The van der Waals surface area contributed by atoms with Crippen LogP contribution in [0, 0.1) is 0 Å². The summed E-state index contributed by atoms with van der Waals surface area (Å²) in [5.74, 6) is 0.657. The van der Waals surface area contributed by atoms with Gasteiger partial charge in [-0.15, -0.1) is 0 Å². The van der Waals surface area contributed by atoms with Gasteiger partial charge in [0.1, 0.15) is 19.3 Å². The Bertz CT molecular complexity index is 552. The van der Waals surface area contributed by atoms with Crippen molar-refractivity contribution in [2.45, 2.75) is 12.6 Å². The molecule has 0 amide bonds. The number of benzene rings is 1. The molecule has 2 heterocycles. The summed E-state index contributed by atoms with van der Waals surface area (Å²) in [6, 6.07) is 3.32. The van der Waals surface area contributed by atoms with Gasteiger partial charge in [-0.25, -0.2) is 0 Å². The molecule has 0 spiro atoms. The molecule has 6 nitrogen and oxygen atoms in total. The van der Waals surface area contributed by atoms with Gasteiger partial charge in [-0.05, 0) is 17.7 Å². The maximum Gasteiger partial charge on any atom is 0.322 e. The number of carboxylic acids is 1. The van der Waals surface area contributed by atoms with E-state index in [4.69, 9.17) is 9.47 Å². The van der Waals surface area contributed by atoms with Crippen LogP contribution < -0.4 is 14.8 Å². The molecule has 2 aliphatic heterocycles. The van der Waals surface area contributed by atoms with Crippen molar-refractivity contribution in [3.05, 3.63) is 22.2 Å². The number of nitrogens with one attached hydrogen (secondary N) is 1. The smallest absolute Gasteiger partial charge is 0.322 e. The molecule has 0 bridgehead atoms. The van der Waals surface area contributed by atoms with E-state index in [1.54, 1.807) is 0 Å². The lowest BCUT2D eigenvalue weighted by Gasteiger charge is -2.33. The highest BCUT2D eigenvalue weighted by Gasteiger charge is 2.29. The van der Waals surface area contributed by atoms with Crippen molar-refractivity contribution in [1.29, 1.82) is 0 Å². The largest absolute Gasteiger partial charge is 0.486 e. The molecule has 0 saturated carbocycles. The van der Waals surface area contributed by atoms with Crippen molar-refractivity contribution in [3.63, 3.8) is 0 Å². The second-order valence-electron chi connectivity index (χ2n) is 5.12. The van der Waals surface area contributed by atoms with Crippen LogP contribution in [0.4, 0.5) is 0 Å². The lowest BCUT2D eigenvalue weighted by molar-refractivity contribution is -0.144. The van der Waals surface area contributed by atoms with Gasteiger partial charge >= 0.3 is 5.97 Å². The summed E-state index contributed by atoms with van der Waals surface area (Å²) < 4.78 is 12.0. The van der Waals surface area contributed by atoms with Crippen LogP contribution in [0.1, 0.15) is 5.56 Å². The predicted molar refractivity (Wildman–Crippen MR) is 79.8 cm³/mol. The Labute approximate surface area is 131 Å². The summed E-state index contributed by atoms with van der Waals surface area (Å²) in [4.78, 5) is 13.3. The number of nitrogens with zero attached hydrogens (tertiary/aromatic N) is 1. The standard InChI is InChI=1S/C14H17BrN2O4/c15-10-6-13-12(20-3-4-21-13)5-9(10)8-17-2-1-16-7-11(17)14(18)19/h5-6,11,16H,1-4,7-8H2,(H,18,19). The number of fused-ring (bicyclic) bond motifs is 1. The number of carbonyl (C=O) groups is 1. The monoisotopic (exact) mass is 356 g/mol. The summed E-state index contributed by atoms with van der Waals surface area (Å²) in [7, 11) is 0. The first-order valence-electron chi connectivity index (χ1n) is 6.91. The van der Waals surface area contributed by atoms with Crippen molar-refractivity contribution in [3.8, 4) is 11.5 Å². The fourth-order valence-corrected chi connectivity index (χ4v) is 3.07. The van der Waals surface area contributed by atoms with E-state index in [1.165, 1.54) is 0 Å². The van der Waals surface area contributed by atoms with Crippen LogP contribution in [0.5, 0.6) is 11.5 Å². The van der Waals surface area contributed by atoms with Crippen LogP contribution in [-0.2, 0) is 11.3 Å². The first kappa shape index (κ1) is 14.6. The minimum absolute atomic E-state index is 0.470. The van der Waals surface area contributed by atoms with Gasteiger partial charge in [-0.3, -0.25) is 9.69 Å². The fourth-order valence-electron chi connectivity index (χ4n) is 2.63. The maximum atomic E-state index is 11.3. The van der Waals surface area contributed by atoms with Crippen LogP contribution >= 0.6 is 15.9 Å². The van der Waals surface area contributed by atoms with Gasteiger partial charge in [-0.2, -0.15) is 0 Å². The molecule has 1 saturated heterocycles. The molecule has 21 heavy (non-hydrogen) atoms. The van der Waals surface area contributed by atoms with Gasteiger partial charge in [0.15, 0.2) is 11.5 Å². The molecular formula is C14H17BrN2O4. The maximum absolute atomic E-state index is 11.3. The lowest BCUT2D eigenvalue weighted by atomic mass is 10.1. The van der Waals surface area contributed by atoms with Crippen LogP contribution in [0.25, 0.3) is 0 Å². The first-order valence-corrected chi connectivity index (χ1v) is 7.70. The molecule has 114 valence electrons. The average Bonchev–Trinajstić information content (AvgIpc) is 2.48. The minimum atomic E-state index is -0.795. The molecule has 2 aliphatic rings. The molecular weight excluding hydrogens is 340 g/mol. The summed E-state index contributed by atoms with van der Waals surface area (Å²) in [5.41, 5.74) is 1.01. The van der Waals surface area contributed by atoms with Crippen molar-refractivity contribution < 1.29 is 19.4 Å². The Balaban J connectivity index is 1.81. The second-order valence-corrected chi connectivity index (χ2v) is 5.97. The molecule has 1 atom stereocenters. The third-order valence-corrected chi connectivity index (χ3v) is 4.46. The Hall–Kier alpha value is -1.31.